The lowest BCUT2D eigenvalue weighted by atomic mass is 9.82. The molecule has 0 bridgehead atoms. The first-order valence-corrected chi connectivity index (χ1v) is 22.9. The molecule has 1 aliphatic carbocycles. The number of furan rings is 1. The van der Waals surface area contributed by atoms with Gasteiger partial charge in [0.25, 0.3) is 0 Å². The summed E-state index contributed by atoms with van der Waals surface area (Å²) in [6.07, 6.45) is 0. The van der Waals surface area contributed by atoms with Crippen LogP contribution in [0.5, 0.6) is 0 Å². The largest absolute Gasteiger partial charge is 0.456 e. The third-order valence-corrected chi connectivity index (χ3v) is 14.2. The van der Waals surface area contributed by atoms with Crippen molar-refractivity contribution in [3.05, 3.63) is 217 Å². The molecule has 5 nitrogen and oxygen atoms in total. The fourth-order valence-electron chi connectivity index (χ4n) is 11.0. The number of hydrogen-bond acceptors (Lipinski definition) is 4. The second kappa shape index (κ2) is 14.2. The van der Waals surface area contributed by atoms with Gasteiger partial charge in [-0.05, 0) is 91.8 Å². The van der Waals surface area contributed by atoms with Crippen molar-refractivity contribution in [2.45, 2.75) is 19.3 Å². The van der Waals surface area contributed by atoms with Crippen molar-refractivity contribution >= 4 is 65.3 Å². The highest BCUT2D eigenvalue weighted by Crippen LogP contribution is 2.53. The normalized spacial score (nSPS) is 13.0. The monoisotopic (exact) mass is 856 g/mol. The molecule has 0 fully saturated rings. The van der Waals surface area contributed by atoms with Crippen LogP contribution in [0.4, 0.5) is 0 Å². The van der Waals surface area contributed by atoms with Gasteiger partial charge >= 0.3 is 0 Å². The van der Waals surface area contributed by atoms with Gasteiger partial charge in [-0.15, -0.1) is 0 Å². The fraction of sp³-hybridized carbons (Fsp3) is 0.0484. The lowest BCUT2D eigenvalue weighted by Gasteiger charge is -2.21. The zero-order valence-corrected chi connectivity index (χ0v) is 36.8. The first kappa shape index (κ1) is 37.7. The van der Waals surface area contributed by atoms with E-state index in [2.05, 4.69) is 170 Å². The van der Waals surface area contributed by atoms with Crippen molar-refractivity contribution in [3.8, 4) is 62.1 Å². The Hall–Kier alpha value is -8.67. The average Bonchev–Trinajstić information content (AvgIpc) is 4.01. The third-order valence-electron chi connectivity index (χ3n) is 14.2. The van der Waals surface area contributed by atoms with Crippen molar-refractivity contribution in [2.24, 2.45) is 0 Å². The minimum Gasteiger partial charge on any atom is -0.456 e. The smallest absolute Gasteiger partial charge is 0.164 e. The van der Waals surface area contributed by atoms with Gasteiger partial charge in [0, 0.05) is 54.9 Å². The van der Waals surface area contributed by atoms with Crippen molar-refractivity contribution in [1.29, 1.82) is 0 Å². The van der Waals surface area contributed by atoms with Gasteiger partial charge < -0.3 is 8.98 Å². The van der Waals surface area contributed by atoms with Gasteiger partial charge in [-0.25, -0.2) is 15.0 Å². The quantitative estimate of drug-likeness (QED) is 0.173. The molecule has 0 spiro atoms. The zero-order valence-electron chi connectivity index (χ0n) is 36.8. The number of rotatable bonds is 5. The van der Waals surface area contributed by atoms with Crippen LogP contribution in [-0.2, 0) is 5.41 Å². The molecular formula is C62H40N4O. The Morgan fingerprint density at radius 3 is 1.85 bits per heavy atom. The molecule has 0 atom stereocenters. The minimum atomic E-state index is -0.122. The third kappa shape index (κ3) is 5.64. The highest BCUT2D eigenvalue weighted by molar-refractivity contribution is 6.23. The minimum absolute atomic E-state index is 0.122. The van der Waals surface area contributed by atoms with Gasteiger partial charge in [0.15, 0.2) is 17.5 Å². The Labute approximate surface area is 386 Å². The zero-order chi connectivity index (χ0) is 44.4. The number of nitrogens with zero attached hydrogens (tertiary/aromatic N) is 4. The molecule has 14 rings (SSSR count). The van der Waals surface area contributed by atoms with E-state index in [9.17, 15) is 0 Å². The summed E-state index contributed by atoms with van der Waals surface area (Å²) < 4.78 is 8.78. The van der Waals surface area contributed by atoms with Gasteiger partial charge in [0.1, 0.15) is 11.2 Å². The molecule has 0 amide bonds. The predicted molar refractivity (Wildman–Crippen MR) is 276 cm³/mol. The summed E-state index contributed by atoms with van der Waals surface area (Å²) in [6.45, 7) is 4.72. The van der Waals surface area contributed by atoms with Crippen LogP contribution >= 0.6 is 0 Å². The van der Waals surface area contributed by atoms with Crippen LogP contribution in [0.25, 0.3) is 127 Å². The van der Waals surface area contributed by atoms with E-state index in [0.29, 0.717) is 17.5 Å². The lowest BCUT2D eigenvalue weighted by Crippen LogP contribution is -2.14. The highest BCUT2D eigenvalue weighted by atomic mass is 16.3. The summed E-state index contributed by atoms with van der Waals surface area (Å²) in [7, 11) is 0. The van der Waals surface area contributed by atoms with Crippen LogP contribution in [0.2, 0.25) is 0 Å². The first-order chi connectivity index (χ1) is 33.0. The SMILES string of the molecule is CC1(C)c2ccc(-c3cccc4c5c6ccccc6ccc5n(-c5cccc(-c6nc(-c7ccccc7)nc(-c7ccc8c(c7)oc7ccccc78)n6)c5)c34)cc2-c2c1ccc1ccccc21. The van der Waals surface area contributed by atoms with E-state index in [4.69, 9.17) is 19.4 Å². The van der Waals surface area contributed by atoms with Crippen LogP contribution in [-0.4, -0.2) is 19.5 Å². The van der Waals surface area contributed by atoms with E-state index in [1.54, 1.807) is 0 Å². The second-order valence-electron chi connectivity index (χ2n) is 18.3. The van der Waals surface area contributed by atoms with Gasteiger partial charge in [-0.3, -0.25) is 0 Å². The number of hydrogen-bond donors (Lipinski definition) is 0. The van der Waals surface area contributed by atoms with Gasteiger partial charge in [-0.2, -0.15) is 0 Å². The molecule has 67 heavy (non-hydrogen) atoms. The number of benzene rings is 10. The van der Waals surface area contributed by atoms with Crippen LogP contribution < -0.4 is 0 Å². The summed E-state index contributed by atoms with van der Waals surface area (Å²) in [6, 6.07) is 73.8. The molecule has 10 aromatic carbocycles. The van der Waals surface area contributed by atoms with Crippen molar-refractivity contribution in [1.82, 2.24) is 19.5 Å². The van der Waals surface area contributed by atoms with Gasteiger partial charge in [0.05, 0.1) is 11.0 Å². The first-order valence-electron chi connectivity index (χ1n) is 22.9. The molecule has 1 aliphatic rings. The fourth-order valence-corrected chi connectivity index (χ4v) is 11.0. The molecule has 0 aliphatic heterocycles. The van der Waals surface area contributed by atoms with Crippen LogP contribution in [0, 0.1) is 0 Å². The lowest BCUT2D eigenvalue weighted by molar-refractivity contribution is 0.661. The molecule has 0 N–H and O–H groups in total. The van der Waals surface area contributed by atoms with E-state index in [1.807, 2.05) is 54.6 Å². The van der Waals surface area contributed by atoms with E-state index in [-0.39, 0.29) is 5.41 Å². The maximum absolute atomic E-state index is 6.33. The van der Waals surface area contributed by atoms with Crippen LogP contribution in [0.1, 0.15) is 25.0 Å². The summed E-state index contributed by atoms with van der Waals surface area (Å²) >= 11 is 0. The standard InChI is InChI=1S/C62H40N4O/c1-62(2)51-31-28-40(35-50(51)56-44-20-8-6-14-37(44)27-32-52(56)62)46-23-13-24-49-57-45-21-9-7-15-38(45)29-33-53(57)66(58(46)49)43-19-12-18-41(34-43)60-63-59(39-16-4-3-5-17-39)64-61(65-60)42-26-30-48-47-22-10-11-25-54(47)67-55(48)36-42/h3-36H,1-2H3. The summed E-state index contributed by atoms with van der Waals surface area (Å²) in [5, 5.41) is 9.58. The Kier molecular flexibility index (Phi) is 7.97. The molecule has 5 heteroatoms. The molecule has 3 aromatic heterocycles. The molecule has 13 aromatic rings. The molecule has 0 unspecified atom stereocenters. The molecule has 314 valence electrons. The molecule has 0 radical (unpaired) electrons. The van der Waals surface area contributed by atoms with Crippen LogP contribution in [0.3, 0.4) is 0 Å². The van der Waals surface area contributed by atoms with Crippen molar-refractivity contribution < 1.29 is 4.42 Å². The number of fused-ring (bicyclic) bond motifs is 13. The van der Waals surface area contributed by atoms with Crippen molar-refractivity contribution in [2.75, 3.05) is 0 Å². The molecule has 3 heterocycles. The highest BCUT2D eigenvalue weighted by Gasteiger charge is 2.36. The molecule has 0 saturated carbocycles. The van der Waals surface area contributed by atoms with E-state index in [0.717, 1.165) is 55.3 Å². The van der Waals surface area contributed by atoms with E-state index in [1.165, 1.54) is 65.7 Å². The Morgan fingerprint density at radius 1 is 0.403 bits per heavy atom. The molecule has 0 saturated heterocycles. The predicted octanol–water partition coefficient (Wildman–Crippen LogP) is 16.1. The van der Waals surface area contributed by atoms with Gasteiger partial charge in [0.2, 0.25) is 0 Å². The van der Waals surface area contributed by atoms with E-state index >= 15 is 0 Å². The Morgan fingerprint density at radius 2 is 1.01 bits per heavy atom. The summed E-state index contributed by atoms with van der Waals surface area (Å²) in [4.78, 5) is 15.5. The molecular weight excluding hydrogens is 817 g/mol. The van der Waals surface area contributed by atoms with E-state index < -0.39 is 0 Å². The Bertz CT molecular complexity index is 4200. The summed E-state index contributed by atoms with van der Waals surface area (Å²) in [5.41, 5.74) is 15.2. The maximum Gasteiger partial charge on any atom is 0.164 e. The average molecular weight is 857 g/mol. The topological polar surface area (TPSA) is 56.7 Å². The maximum atomic E-state index is 6.33. The number of aromatic nitrogens is 4. The van der Waals surface area contributed by atoms with Crippen molar-refractivity contribution in [3.63, 3.8) is 0 Å². The van der Waals surface area contributed by atoms with Gasteiger partial charge in [-0.1, -0.05) is 178 Å². The summed E-state index contributed by atoms with van der Waals surface area (Å²) in [5.74, 6) is 1.78. The Balaban J connectivity index is 0.989. The number of para-hydroxylation sites is 2. The van der Waals surface area contributed by atoms with Crippen LogP contribution in [0.15, 0.2) is 211 Å². The second-order valence-corrected chi connectivity index (χ2v) is 18.3.